The summed E-state index contributed by atoms with van der Waals surface area (Å²) in [6.07, 6.45) is 5.64. The number of rotatable bonds is 6. The summed E-state index contributed by atoms with van der Waals surface area (Å²) in [5.74, 6) is 1.99. The van der Waals surface area contributed by atoms with Gasteiger partial charge in [-0.05, 0) is 31.6 Å². The minimum Gasteiger partial charge on any atom is -0.375 e. The van der Waals surface area contributed by atoms with Gasteiger partial charge in [0, 0.05) is 56.4 Å². The molecule has 7 heteroatoms. The van der Waals surface area contributed by atoms with Gasteiger partial charge in [-0.3, -0.25) is 9.48 Å². The first kappa shape index (κ1) is 16.1. The van der Waals surface area contributed by atoms with Crippen molar-refractivity contribution in [1.82, 2.24) is 19.8 Å². The van der Waals surface area contributed by atoms with Gasteiger partial charge in [-0.1, -0.05) is 5.16 Å². The zero-order valence-corrected chi connectivity index (χ0v) is 15.1. The van der Waals surface area contributed by atoms with Gasteiger partial charge in [0.1, 0.15) is 5.76 Å². The van der Waals surface area contributed by atoms with Crippen molar-refractivity contribution >= 4 is 5.91 Å². The Kier molecular flexibility index (Phi) is 3.85. The van der Waals surface area contributed by atoms with E-state index in [1.807, 2.05) is 22.7 Å². The van der Waals surface area contributed by atoms with E-state index in [-0.39, 0.29) is 5.91 Å². The minimum atomic E-state index is -0.0556. The van der Waals surface area contributed by atoms with Crippen molar-refractivity contribution < 1.29 is 14.1 Å². The molecule has 2 saturated carbocycles. The minimum absolute atomic E-state index is 0.0556. The lowest BCUT2D eigenvalue weighted by Crippen LogP contribution is -2.36. The normalized spacial score (nSPS) is 19.7. The van der Waals surface area contributed by atoms with Gasteiger partial charge < -0.3 is 14.2 Å². The van der Waals surface area contributed by atoms with Crippen LogP contribution in [0.1, 0.15) is 64.8 Å². The highest BCUT2D eigenvalue weighted by molar-refractivity contribution is 5.92. The van der Waals surface area contributed by atoms with Crippen molar-refractivity contribution in [3.8, 4) is 0 Å². The molecular weight excluding hydrogens is 332 g/mol. The Labute approximate surface area is 152 Å². The first-order valence-corrected chi connectivity index (χ1v) is 9.56. The van der Waals surface area contributed by atoms with E-state index in [0.29, 0.717) is 31.3 Å². The van der Waals surface area contributed by atoms with Crippen LogP contribution < -0.4 is 0 Å². The molecule has 0 atom stereocenters. The molecule has 7 nitrogen and oxygen atoms in total. The molecule has 3 heterocycles. The molecule has 0 spiro atoms. The molecule has 0 N–H and O–H groups in total. The number of aryl methyl sites for hydroxylation is 1. The first-order valence-electron chi connectivity index (χ1n) is 9.56. The van der Waals surface area contributed by atoms with Gasteiger partial charge in [-0.2, -0.15) is 5.10 Å². The molecule has 2 aromatic heterocycles. The molecule has 0 saturated heterocycles. The maximum Gasteiger partial charge on any atom is 0.276 e. The second-order valence-electron chi connectivity index (χ2n) is 7.82. The summed E-state index contributed by atoms with van der Waals surface area (Å²) < 4.78 is 13.1. The monoisotopic (exact) mass is 356 g/mol. The van der Waals surface area contributed by atoms with E-state index in [1.165, 1.54) is 18.5 Å². The second kappa shape index (κ2) is 6.23. The quantitative estimate of drug-likeness (QED) is 0.795. The molecule has 3 aliphatic rings. The van der Waals surface area contributed by atoms with Crippen LogP contribution >= 0.6 is 0 Å². The van der Waals surface area contributed by atoms with E-state index in [2.05, 4.69) is 10.3 Å². The van der Waals surface area contributed by atoms with E-state index in [0.717, 1.165) is 48.8 Å². The lowest BCUT2D eigenvalue weighted by molar-refractivity contribution is 0.0718. The molecule has 0 radical (unpaired) electrons. The lowest BCUT2D eigenvalue weighted by Gasteiger charge is -2.27. The van der Waals surface area contributed by atoms with Crippen LogP contribution in [0, 0.1) is 5.92 Å². The fourth-order valence-corrected chi connectivity index (χ4v) is 3.68. The van der Waals surface area contributed by atoms with Crippen LogP contribution in [0.3, 0.4) is 0 Å². The number of amides is 1. The second-order valence-corrected chi connectivity index (χ2v) is 7.82. The number of hydrogen-bond acceptors (Lipinski definition) is 5. The van der Waals surface area contributed by atoms with Gasteiger partial charge in [-0.25, -0.2) is 0 Å². The van der Waals surface area contributed by atoms with Crippen LogP contribution in [0.2, 0.25) is 0 Å². The molecule has 1 amide bonds. The fourth-order valence-electron chi connectivity index (χ4n) is 3.68. The van der Waals surface area contributed by atoms with Crippen molar-refractivity contribution in [2.24, 2.45) is 13.0 Å². The average Bonchev–Trinajstić information content (AvgIpc) is 3.58. The van der Waals surface area contributed by atoms with Crippen LogP contribution in [-0.2, 0) is 31.4 Å². The van der Waals surface area contributed by atoms with Gasteiger partial charge in [-0.15, -0.1) is 0 Å². The number of fused-ring (bicyclic) bond motifs is 1. The SMILES string of the molecule is Cn1nc(COCC2CC2)c2c1CCN(C(=O)c1cc(C3CC3)on1)C2. The van der Waals surface area contributed by atoms with Gasteiger partial charge in [0.05, 0.1) is 12.3 Å². The van der Waals surface area contributed by atoms with Crippen molar-refractivity contribution in [2.45, 2.75) is 51.2 Å². The van der Waals surface area contributed by atoms with Crippen molar-refractivity contribution in [3.05, 3.63) is 34.5 Å². The molecule has 2 fully saturated rings. The van der Waals surface area contributed by atoms with Crippen LogP contribution in [0.4, 0.5) is 0 Å². The molecule has 2 aromatic rings. The van der Waals surface area contributed by atoms with Crippen molar-refractivity contribution in [2.75, 3.05) is 13.2 Å². The molecule has 0 unspecified atom stereocenters. The molecule has 1 aliphatic heterocycles. The number of aromatic nitrogens is 3. The van der Waals surface area contributed by atoms with E-state index in [9.17, 15) is 4.79 Å². The van der Waals surface area contributed by atoms with E-state index in [4.69, 9.17) is 9.26 Å². The predicted molar refractivity (Wildman–Crippen MR) is 92.5 cm³/mol. The Morgan fingerprint density at radius 2 is 2.19 bits per heavy atom. The van der Waals surface area contributed by atoms with Crippen LogP contribution in [0.25, 0.3) is 0 Å². The Morgan fingerprint density at radius 1 is 1.35 bits per heavy atom. The summed E-state index contributed by atoms with van der Waals surface area (Å²) in [4.78, 5) is 14.7. The van der Waals surface area contributed by atoms with Gasteiger partial charge in [0.15, 0.2) is 5.69 Å². The van der Waals surface area contributed by atoms with E-state index in [1.54, 1.807) is 0 Å². The van der Waals surface area contributed by atoms with Gasteiger partial charge in [0.2, 0.25) is 0 Å². The van der Waals surface area contributed by atoms with Gasteiger partial charge in [0.25, 0.3) is 5.91 Å². The summed E-state index contributed by atoms with van der Waals surface area (Å²) in [5, 5.41) is 8.63. The highest BCUT2D eigenvalue weighted by atomic mass is 16.5. The number of carbonyl (C=O) groups excluding carboxylic acids is 1. The zero-order valence-electron chi connectivity index (χ0n) is 15.1. The van der Waals surface area contributed by atoms with Crippen LogP contribution in [0.5, 0.6) is 0 Å². The third kappa shape index (κ3) is 3.05. The third-order valence-corrected chi connectivity index (χ3v) is 5.63. The molecule has 0 aromatic carbocycles. The Morgan fingerprint density at radius 3 is 2.96 bits per heavy atom. The van der Waals surface area contributed by atoms with Crippen LogP contribution in [-0.4, -0.2) is 38.9 Å². The zero-order chi connectivity index (χ0) is 17.7. The fraction of sp³-hybridized carbons (Fsp3) is 0.632. The molecule has 2 aliphatic carbocycles. The maximum atomic E-state index is 12.8. The Balaban J connectivity index is 1.30. The number of hydrogen-bond donors (Lipinski definition) is 0. The largest absolute Gasteiger partial charge is 0.375 e. The number of nitrogens with zero attached hydrogens (tertiary/aromatic N) is 4. The summed E-state index contributed by atoms with van der Waals surface area (Å²) in [7, 11) is 1.97. The first-order chi connectivity index (χ1) is 12.7. The van der Waals surface area contributed by atoms with Crippen molar-refractivity contribution in [1.29, 1.82) is 0 Å². The van der Waals surface area contributed by atoms with Gasteiger partial charge >= 0.3 is 0 Å². The Bertz CT molecular complexity index is 832. The summed E-state index contributed by atoms with van der Waals surface area (Å²) in [5.41, 5.74) is 3.72. The molecule has 138 valence electrons. The summed E-state index contributed by atoms with van der Waals surface area (Å²) in [6, 6.07) is 1.82. The number of ether oxygens (including phenoxy) is 1. The molecule has 0 bridgehead atoms. The lowest BCUT2D eigenvalue weighted by atomic mass is 10.0. The van der Waals surface area contributed by atoms with E-state index < -0.39 is 0 Å². The third-order valence-electron chi connectivity index (χ3n) is 5.63. The molecule has 26 heavy (non-hydrogen) atoms. The standard InChI is InChI=1S/C19H24N4O3/c1-22-17-6-7-23(19(24)15-8-18(26-21-15)13-4-5-13)9-14(17)16(20-22)11-25-10-12-2-3-12/h8,12-13H,2-7,9-11H2,1H3. The molecule has 5 rings (SSSR count). The summed E-state index contributed by atoms with van der Waals surface area (Å²) >= 11 is 0. The van der Waals surface area contributed by atoms with Crippen molar-refractivity contribution in [3.63, 3.8) is 0 Å². The smallest absolute Gasteiger partial charge is 0.276 e. The maximum absolute atomic E-state index is 12.8. The highest BCUT2D eigenvalue weighted by Crippen LogP contribution is 2.40. The summed E-state index contributed by atoms with van der Waals surface area (Å²) in [6.45, 7) is 2.59. The topological polar surface area (TPSA) is 73.4 Å². The average molecular weight is 356 g/mol. The van der Waals surface area contributed by atoms with E-state index >= 15 is 0 Å². The Hall–Kier alpha value is -2.15. The predicted octanol–water partition coefficient (Wildman–Crippen LogP) is 2.41. The highest BCUT2D eigenvalue weighted by Gasteiger charge is 2.32. The molecular formula is C19H24N4O3. The number of carbonyl (C=O) groups is 1. The van der Waals surface area contributed by atoms with Crippen LogP contribution in [0.15, 0.2) is 10.6 Å².